The molecule has 0 N–H and O–H groups in total. The normalized spacial score (nSPS) is 13.6. The summed E-state index contributed by atoms with van der Waals surface area (Å²) >= 11 is 5.94. The van der Waals surface area contributed by atoms with Gasteiger partial charge in [-0.15, -0.1) is 34.0 Å². The van der Waals surface area contributed by atoms with E-state index in [0.717, 1.165) is 0 Å². The van der Waals surface area contributed by atoms with Gasteiger partial charge in [-0.2, -0.15) is 0 Å². The van der Waals surface area contributed by atoms with Crippen LogP contribution in [0.5, 0.6) is 0 Å². The summed E-state index contributed by atoms with van der Waals surface area (Å²) in [6.45, 7) is 4.58. The highest BCUT2D eigenvalue weighted by atomic mass is 32.1. The maximum Gasteiger partial charge on any atom is 0.0478 e. The van der Waals surface area contributed by atoms with Gasteiger partial charge in [0.15, 0.2) is 0 Å². The van der Waals surface area contributed by atoms with E-state index in [4.69, 9.17) is 0 Å². The summed E-state index contributed by atoms with van der Waals surface area (Å²) in [5.41, 5.74) is 3.11. The lowest BCUT2D eigenvalue weighted by molar-refractivity contribution is 0.668. The third-order valence-corrected chi connectivity index (χ3v) is 9.98. The molecule has 1 aliphatic rings. The molecular formula is C29H36S3. The molecule has 0 saturated carbocycles. The van der Waals surface area contributed by atoms with Crippen molar-refractivity contribution in [2.75, 3.05) is 0 Å². The van der Waals surface area contributed by atoms with Gasteiger partial charge in [-0.1, -0.05) is 76.7 Å². The molecule has 0 amide bonds. The fourth-order valence-electron chi connectivity index (χ4n) is 4.45. The maximum absolute atomic E-state index is 2.50. The smallest absolute Gasteiger partial charge is 0.0478 e. The van der Waals surface area contributed by atoms with Crippen LogP contribution in [0.25, 0.3) is 19.5 Å². The van der Waals surface area contributed by atoms with E-state index in [0.29, 0.717) is 5.92 Å². The second-order valence-electron chi connectivity index (χ2n) is 8.86. The zero-order chi connectivity index (χ0) is 22.2. The molecule has 1 aliphatic carbocycles. The van der Waals surface area contributed by atoms with Crippen LogP contribution in [-0.2, 0) is 12.8 Å². The van der Waals surface area contributed by atoms with Gasteiger partial charge < -0.3 is 0 Å². The Hall–Kier alpha value is -1.42. The van der Waals surface area contributed by atoms with Crippen LogP contribution < -0.4 is 0 Å². The Morgan fingerprint density at radius 3 is 2.03 bits per heavy atom. The minimum Gasteiger partial charge on any atom is -0.143 e. The summed E-state index contributed by atoms with van der Waals surface area (Å²) in [6, 6.07) is 9.61. The summed E-state index contributed by atoms with van der Waals surface area (Å²) in [7, 11) is 0. The van der Waals surface area contributed by atoms with Crippen molar-refractivity contribution in [3.8, 4) is 19.5 Å². The summed E-state index contributed by atoms with van der Waals surface area (Å²) in [6.07, 6.45) is 22.1. The van der Waals surface area contributed by atoms with E-state index in [1.54, 1.807) is 11.1 Å². The van der Waals surface area contributed by atoms with Crippen molar-refractivity contribution < 1.29 is 0 Å². The molecule has 0 aliphatic heterocycles. The molecule has 0 fully saturated rings. The van der Waals surface area contributed by atoms with E-state index >= 15 is 0 Å². The molecule has 3 heterocycles. The monoisotopic (exact) mass is 480 g/mol. The third-order valence-electron chi connectivity index (χ3n) is 6.30. The number of hydrogen-bond donors (Lipinski definition) is 0. The minimum atomic E-state index is 0.467. The Kier molecular flexibility index (Phi) is 9.01. The fraction of sp³-hybridized carbons (Fsp3) is 0.448. The third kappa shape index (κ3) is 5.92. The largest absolute Gasteiger partial charge is 0.143 e. The molecule has 0 radical (unpaired) electrons. The summed E-state index contributed by atoms with van der Waals surface area (Å²) < 4.78 is 0. The van der Waals surface area contributed by atoms with Crippen molar-refractivity contribution in [3.05, 3.63) is 70.0 Å². The first kappa shape index (κ1) is 23.7. The van der Waals surface area contributed by atoms with Gasteiger partial charge in [0.25, 0.3) is 0 Å². The van der Waals surface area contributed by atoms with Crippen molar-refractivity contribution in [2.24, 2.45) is 0 Å². The number of allylic oxidation sites excluding steroid dienone is 4. The summed E-state index contributed by atoms with van der Waals surface area (Å²) in [5, 5.41) is 2.28. The molecule has 3 aromatic rings. The Bertz CT molecular complexity index is 1010. The Morgan fingerprint density at radius 2 is 1.34 bits per heavy atom. The van der Waals surface area contributed by atoms with E-state index in [9.17, 15) is 0 Å². The topological polar surface area (TPSA) is 0 Å². The molecule has 0 saturated heterocycles. The zero-order valence-electron chi connectivity index (χ0n) is 19.6. The average Bonchev–Trinajstić information content (AvgIpc) is 3.60. The van der Waals surface area contributed by atoms with Crippen LogP contribution in [0.3, 0.4) is 0 Å². The van der Waals surface area contributed by atoms with Crippen LogP contribution in [0.2, 0.25) is 0 Å². The van der Waals surface area contributed by atoms with Crippen LogP contribution in [0.4, 0.5) is 0 Å². The molecule has 0 atom stereocenters. The minimum absolute atomic E-state index is 0.467. The van der Waals surface area contributed by atoms with Gasteiger partial charge in [0.2, 0.25) is 0 Å². The molecule has 0 unspecified atom stereocenters. The molecular weight excluding hydrogens is 445 g/mol. The SMILES string of the molecule is CCCCCCc1ccsc1-c1ccc(-c2sc(C3C=CC=C3)cc2CCCCCC)s1. The van der Waals surface area contributed by atoms with Gasteiger partial charge in [0.1, 0.15) is 0 Å². The first-order chi connectivity index (χ1) is 15.8. The molecule has 170 valence electrons. The molecule has 0 nitrogen and oxygen atoms in total. The van der Waals surface area contributed by atoms with Crippen LogP contribution in [0.1, 0.15) is 87.1 Å². The lowest BCUT2D eigenvalue weighted by Crippen LogP contribution is -1.86. The standard InChI is InChI=1S/C29H36S3/c1-3-5-7-9-15-23-19-20-30-28(23)25-17-18-26(31-25)29-24(16-10-8-6-4-2)21-27(32-29)22-13-11-12-14-22/h11-14,17-22H,3-10,15-16H2,1-2H3. The van der Waals surface area contributed by atoms with Gasteiger partial charge in [0, 0.05) is 30.3 Å². The van der Waals surface area contributed by atoms with E-state index in [1.807, 2.05) is 34.0 Å². The lowest BCUT2D eigenvalue weighted by atomic mass is 10.0. The number of unbranched alkanes of at least 4 members (excludes halogenated alkanes) is 6. The molecule has 32 heavy (non-hydrogen) atoms. The molecule has 3 aromatic heterocycles. The van der Waals surface area contributed by atoms with Crippen molar-refractivity contribution in [3.63, 3.8) is 0 Å². The Balaban J connectivity index is 1.54. The zero-order valence-corrected chi connectivity index (χ0v) is 22.0. The van der Waals surface area contributed by atoms with Crippen molar-refractivity contribution in [2.45, 2.75) is 84.0 Å². The van der Waals surface area contributed by atoms with Crippen LogP contribution in [0.15, 0.2) is 53.9 Å². The van der Waals surface area contributed by atoms with E-state index < -0.39 is 0 Å². The van der Waals surface area contributed by atoms with E-state index in [1.165, 1.54) is 88.6 Å². The Morgan fingerprint density at radius 1 is 0.688 bits per heavy atom. The Labute approximate surface area is 206 Å². The predicted molar refractivity (Wildman–Crippen MR) is 148 cm³/mol. The lowest BCUT2D eigenvalue weighted by Gasteiger charge is -2.03. The van der Waals surface area contributed by atoms with E-state index in [2.05, 4.69) is 67.8 Å². The van der Waals surface area contributed by atoms with Gasteiger partial charge >= 0.3 is 0 Å². The van der Waals surface area contributed by atoms with Gasteiger partial charge in [0.05, 0.1) is 0 Å². The quantitative estimate of drug-likeness (QED) is 0.213. The molecule has 3 heteroatoms. The average molecular weight is 481 g/mol. The van der Waals surface area contributed by atoms with Gasteiger partial charge in [-0.25, -0.2) is 0 Å². The summed E-state index contributed by atoms with van der Waals surface area (Å²) in [4.78, 5) is 7.42. The first-order valence-corrected chi connectivity index (χ1v) is 15.0. The van der Waals surface area contributed by atoms with Gasteiger partial charge in [-0.3, -0.25) is 0 Å². The van der Waals surface area contributed by atoms with Crippen molar-refractivity contribution in [1.82, 2.24) is 0 Å². The highest BCUT2D eigenvalue weighted by Crippen LogP contribution is 2.45. The second kappa shape index (κ2) is 12.2. The highest BCUT2D eigenvalue weighted by molar-refractivity contribution is 7.26. The van der Waals surface area contributed by atoms with Crippen molar-refractivity contribution in [1.29, 1.82) is 0 Å². The number of hydrogen-bond acceptors (Lipinski definition) is 3. The number of thiophene rings is 3. The maximum atomic E-state index is 2.50. The summed E-state index contributed by atoms with van der Waals surface area (Å²) in [5.74, 6) is 0.467. The first-order valence-electron chi connectivity index (χ1n) is 12.4. The number of aryl methyl sites for hydroxylation is 2. The molecule has 0 spiro atoms. The molecule has 0 bridgehead atoms. The predicted octanol–water partition coefficient (Wildman–Crippen LogP) is 10.7. The van der Waals surface area contributed by atoms with Crippen LogP contribution >= 0.6 is 34.0 Å². The van der Waals surface area contributed by atoms with Crippen LogP contribution in [0, 0.1) is 0 Å². The molecule has 0 aromatic carbocycles. The van der Waals surface area contributed by atoms with Crippen LogP contribution in [-0.4, -0.2) is 0 Å². The molecule has 4 rings (SSSR count). The van der Waals surface area contributed by atoms with E-state index in [-0.39, 0.29) is 0 Å². The van der Waals surface area contributed by atoms with Crippen molar-refractivity contribution >= 4 is 34.0 Å². The number of rotatable bonds is 13. The van der Waals surface area contributed by atoms with Gasteiger partial charge in [-0.05, 0) is 66.5 Å². The fourth-order valence-corrected chi connectivity index (χ4v) is 7.99. The second-order valence-corrected chi connectivity index (χ2v) is 11.9. The highest BCUT2D eigenvalue weighted by Gasteiger charge is 2.18.